The van der Waals surface area contributed by atoms with Crippen LogP contribution in [0.3, 0.4) is 0 Å². The predicted octanol–water partition coefficient (Wildman–Crippen LogP) is 1.21. The number of nitrogens with one attached hydrogen (secondary N) is 1. The van der Waals surface area contributed by atoms with Crippen LogP contribution in [0.4, 0.5) is 0 Å². The molecule has 1 fully saturated rings. The molecule has 2 aliphatic rings. The van der Waals surface area contributed by atoms with Crippen molar-refractivity contribution < 1.29 is 9.59 Å². The Morgan fingerprint density at radius 2 is 2.08 bits per heavy atom. The molecule has 2 heterocycles. The minimum Gasteiger partial charge on any atom is -0.351 e. The number of hydrogen-bond donors (Lipinski definition) is 1. The molecule has 7 heteroatoms. The van der Waals surface area contributed by atoms with Gasteiger partial charge in [-0.25, -0.2) is 9.67 Å². The van der Waals surface area contributed by atoms with E-state index < -0.39 is 0 Å². The highest BCUT2D eigenvalue weighted by atomic mass is 16.2. The molecule has 2 amide bonds. The third kappa shape index (κ3) is 2.77. The van der Waals surface area contributed by atoms with E-state index in [1.54, 1.807) is 9.58 Å². The number of likely N-dealkylation sites (tertiary alicyclic amines) is 1. The number of benzene rings is 1. The van der Waals surface area contributed by atoms with Crippen molar-refractivity contribution in [2.45, 2.75) is 38.8 Å². The molecule has 0 saturated carbocycles. The van der Waals surface area contributed by atoms with Crippen molar-refractivity contribution in [3.8, 4) is 0 Å². The molecule has 1 aliphatic heterocycles. The van der Waals surface area contributed by atoms with Crippen molar-refractivity contribution in [1.29, 1.82) is 0 Å². The third-order valence-electron chi connectivity index (χ3n) is 5.50. The van der Waals surface area contributed by atoms with Crippen LogP contribution in [0, 0.1) is 5.92 Å². The van der Waals surface area contributed by atoms with Crippen LogP contribution in [0.2, 0.25) is 0 Å². The van der Waals surface area contributed by atoms with E-state index >= 15 is 0 Å². The second-order valence-corrected chi connectivity index (χ2v) is 7.16. The molecule has 3 unspecified atom stereocenters. The Morgan fingerprint density at radius 3 is 2.85 bits per heavy atom. The van der Waals surface area contributed by atoms with Gasteiger partial charge in [-0.05, 0) is 30.4 Å². The minimum atomic E-state index is -0.123. The normalized spacial score (nSPS) is 24.1. The summed E-state index contributed by atoms with van der Waals surface area (Å²) in [5, 5.41) is 7.22. The molecule has 136 valence electrons. The maximum atomic E-state index is 12.7. The van der Waals surface area contributed by atoms with Gasteiger partial charge >= 0.3 is 0 Å². The number of aryl methyl sites for hydroxylation is 1. The fraction of sp³-hybridized carbons (Fsp3) is 0.474. The Hall–Kier alpha value is -2.70. The fourth-order valence-corrected chi connectivity index (χ4v) is 3.90. The van der Waals surface area contributed by atoms with Crippen LogP contribution in [0.1, 0.15) is 41.5 Å². The summed E-state index contributed by atoms with van der Waals surface area (Å²) < 4.78 is 1.60. The number of carbonyl (C=O) groups excluding carboxylic acids is 2. The molecule has 1 aliphatic carbocycles. The Labute approximate surface area is 152 Å². The van der Waals surface area contributed by atoms with E-state index in [0.717, 1.165) is 12.0 Å². The van der Waals surface area contributed by atoms with E-state index in [4.69, 9.17) is 0 Å². The smallest absolute Gasteiger partial charge is 0.291 e. The Balaban J connectivity index is 1.40. The van der Waals surface area contributed by atoms with E-state index in [9.17, 15) is 9.59 Å². The van der Waals surface area contributed by atoms with Crippen molar-refractivity contribution >= 4 is 11.8 Å². The van der Waals surface area contributed by atoms with Gasteiger partial charge in [-0.1, -0.05) is 31.2 Å². The number of rotatable bonds is 4. The molecule has 0 spiro atoms. The Bertz CT molecular complexity index is 846. The molecule has 0 bridgehead atoms. The van der Waals surface area contributed by atoms with Gasteiger partial charge in [-0.15, -0.1) is 0 Å². The first kappa shape index (κ1) is 16.8. The van der Waals surface area contributed by atoms with E-state index in [1.807, 2.05) is 25.1 Å². The Kier molecular flexibility index (Phi) is 4.22. The lowest BCUT2D eigenvalue weighted by atomic mass is 9.77. The van der Waals surface area contributed by atoms with Gasteiger partial charge in [0.05, 0.1) is 12.0 Å². The molecule has 0 radical (unpaired) electrons. The molecule has 1 aromatic carbocycles. The van der Waals surface area contributed by atoms with E-state index in [0.29, 0.717) is 25.5 Å². The van der Waals surface area contributed by atoms with Crippen LogP contribution < -0.4 is 5.32 Å². The topological polar surface area (TPSA) is 80.1 Å². The zero-order chi connectivity index (χ0) is 18.3. The zero-order valence-electron chi connectivity index (χ0n) is 15.1. The van der Waals surface area contributed by atoms with Crippen molar-refractivity contribution in [1.82, 2.24) is 25.0 Å². The molecule has 2 aromatic rings. The maximum absolute atomic E-state index is 12.7. The average molecular weight is 353 g/mol. The first-order valence-electron chi connectivity index (χ1n) is 9.13. The standard InChI is InChI=1S/C19H23N5O2/c1-3-24-17(20-11-21-24)19(26)23-9-12(2)16(10-23)22-18(25)15-8-13-6-4-5-7-14(13)15/h4-7,11-12,15-16H,3,8-10H2,1-2H3,(H,22,25). The van der Waals surface area contributed by atoms with Gasteiger partial charge in [0.15, 0.2) is 0 Å². The third-order valence-corrected chi connectivity index (χ3v) is 5.50. The maximum Gasteiger partial charge on any atom is 0.291 e. The summed E-state index contributed by atoms with van der Waals surface area (Å²) >= 11 is 0. The lowest BCUT2D eigenvalue weighted by Crippen LogP contribution is -2.45. The van der Waals surface area contributed by atoms with Crippen molar-refractivity contribution in [3.05, 3.63) is 47.5 Å². The highest BCUT2D eigenvalue weighted by Crippen LogP contribution is 2.35. The summed E-state index contributed by atoms with van der Waals surface area (Å²) in [6.07, 6.45) is 2.20. The van der Waals surface area contributed by atoms with Gasteiger partial charge in [0.25, 0.3) is 5.91 Å². The first-order chi connectivity index (χ1) is 12.6. The molecular formula is C19H23N5O2. The van der Waals surface area contributed by atoms with Crippen LogP contribution in [0.25, 0.3) is 0 Å². The number of aromatic nitrogens is 3. The van der Waals surface area contributed by atoms with Gasteiger partial charge in [0.2, 0.25) is 11.7 Å². The van der Waals surface area contributed by atoms with E-state index in [2.05, 4.69) is 28.4 Å². The fourth-order valence-electron chi connectivity index (χ4n) is 3.90. The van der Waals surface area contributed by atoms with Crippen LogP contribution >= 0.6 is 0 Å². The van der Waals surface area contributed by atoms with Crippen molar-refractivity contribution in [3.63, 3.8) is 0 Å². The highest BCUT2D eigenvalue weighted by Gasteiger charge is 2.38. The summed E-state index contributed by atoms with van der Waals surface area (Å²) in [6.45, 7) is 5.72. The van der Waals surface area contributed by atoms with Crippen LogP contribution in [0.5, 0.6) is 0 Å². The molecule has 1 N–H and O–H groups in total. The molecule has 1 aromatic heterocycles. The number of amides is 2. The molecular weight excluding hydrogens is 330 g/mol. The van der Waals surface area contributed by atoms with Crippen molar-refractivity contribution in [2.24, 2.45) is 5.92 Å². The van der Waals surface area contributed by atoms with E-state index in [1.165, 1.54) is 11.9 Å². The highest BCUT2D eigenvalue weighted by molar-refractivity contribution is 5.91. The molecule has 1 saturated heterocycles. The van der Waals surface area contributed by atoms with Gasteiger partial charge in [0, 0.05) is 19.6 Å². The summed E-state index contributed by atoms with van der Waals surface area (Å²) in [4.78, 5) is 31.2. The van der Waals surface area contributed by atoms with Gasteiger partial charge < -0.3 is 10.2 Å². The predicted molar refractivity (Wildman–Crippen MR) is 95.6 cm³/mol. The largest absolute Gasteiger partial charge is 0.351 e. The lowest BCUT2D eigenvalue weighted by Gasteiger charge is -2.30. The SMILES string of the molecule is CCn1ncnc1C(=O)N1CC(C)C(NC(=O)C2Cc3ccccc32)C1. The second-order valence-electron chi connectivity index (χ2n) is 7.16. The van der Waals surface area contributed by atoms with Crippen LogP contribution in [-0.2, 0) is 17.8 Å². The quantitative estimate of drug-likeness (QED) is 0.896. The Morgan fingerprint density at radius 1 is 1.27 bits per heavy atom. The molecule has 7 nitrogen and oxygen atoms in total. The second kappa shape index (κ2) is 6.55. The van der Waals surface area contributed by atoms with Gasteiger partial charge in [-0.2, -0.15) is 5.10 Å². The zero-order valence-corrected chi connectivity index (χ0v) is 15.1. The number of fused-ring (bicyclic) bond motifs is 1. The minimum absolute atomic E-state index is 0.0304. The number of nitrogens with zero attached hydrogens (tertiary/aromatic N) is 4. The van der Waals surface area contributed by atoms with Crippen molar-refractivity contribution in [2.75, 3.05) is 13.1 Å². The number of carbonyl (C=O) groups is 2. The van der Waals surface area contributed by atoms with Gasteiger partial charge in [0.1, 0.15) is 6.33 Å². The first-order valence-corrected chi connectivity index (χ1v) is 9.13. The van der Waals surface area contributed by atoms with E-state index in [-0.39, 0.29) is 29.7 Å². The molecule has 3 atom stereocenters. The van der Waals surface area contributed by atoms with Gasteiger partial charge in [-0.3, -0.25) is 9.59 Å². The lowest BCUT2D eigenvalue weighted by molar-refractivity contribution is -0.123. The number of hydrogen-bond acceptors (Lipinski definition) is 4. The summed E-state index contributed by atoms with van der Waals surface area (Å²) in [5.74, 6) is 0.440. The molecule has 4 rings (SSSR count). The van der Waals surface area contributed by atoms with Crippen LogP contribution in [-0.4, -0.2) is 50.6 Å². The van der Waals surface area contributed by atoms with Crippen LogP contribution in [0.15, 0.2) is 30.6 Å². The monoisotopic (exact) mass is 353 g/mol. The molecule has 26 heavy (non-hydrogen) atoms. The summed E-state index contributed by atoms with van der Waals surface area (Å²) in [7, 11) is 0. The summed E-state index contributed by atoms with van der Waals surface area (Å²) in [6, 6.07) is 8.04. The average Bonchev–Trinajstić information content (AvgIpc) is 3.22. The summed E-state index contributed by atoms with van der Waals surface area (Å²) in [5.41, 5.74) is 2.38.